The van der Waals surface area contributed by atoms with Crippen LogP contribution in [-0.4, -0.2) is 43.6 Å². The number of nitrogens with one attached hydrogen (secondary N) is 2. The molecule has 2 atom stereocenters. The minimum Gasteiger partial charge on any atom is -0.383 e. The van der Waals surface area contributed by atoms with Crippen molar-refractivity contribution in [2.45, 2.75) is 117 Å². The van der Waals surface area contributed by atoms with Gasteiger partial charge in [0.05, 0.1) is 55.0 Å². The van der Waals surface area contributed by atoms with Gasteiger partial charge in [0.15, 0.2) is 0 Å². The Bertz CT molecular complexity index is 3440. The molecule has 9 rings (SSSR count). The van der Waals surface area contributed by atoms with Gasteiger partial charge < -0.3 is 10.6 Å². The first-order valence-electron chi connectivity index (χ1n) is 24.9. The third kappa shape index (κ3) is 15.8. The van der Waals surface area contributed by atoms with Crippen molar-refractivity contribution >= 4 is 125 Å². The highest BCUT2D eigenvalue weighted by atomic mass is 127. The van der Waals surface area contributed by atoms with E-state index in [1.54, 1.807) is 35.3 Å². The van der Waals surface area contributed by atoms with E-state index in [1.807, 2.05) is 67.6 Å². The van der Waals surface area contributed by atoms with Gasteiger partial charge in [-0.15, -0.1) is 11.5 Å². The molecule has 2 saturated carbocycles. The topological polar surface area (TPSA) is 203 Å². The van der Waals surface area contributed by atoms with Crippen molar-refractivity contribution in [1.29, 1.82) is 10.5 Å². The lowest BCUT2D eigenvalue weighted by Gasteiger charge is -2.22. The highest BCUT2D eigenvalue weighted by Gasteiger charge is 2.43. The zero-order valence-corrected chi connectivity index (χ0v) is 51.6. The average Bonchev–Trinajstić information content (AvgIpc) is 4.32. The zero-order chi connectivity index (χ0) is 56.5. The number of hydrogen-bond donors (Lipinski definition) is 3. The van der Waals surface area contributed by atoms with Crippen molar-refractivity contribution in [2.24, 2.45) is 19.9 Å². The molecule has 0 amide bonds. The predicted octanol–water partition coefficient (Wildman–Crippen LogP) is 16.9. The van der Waals surface area contributed by atoms with Gasteiger partial charge in [0, 0.05) is 85.5 Å². The summed E-state index contributed by atoms with van der Waals surface area (Å²) in [5, 5.41) is 43.2. The molecule has 3 heterocycles. The number of terminal acetylenes is 1. The monoisotopic (exact) mass is 1330 g/mol. The summed E-state index contributed by atoms with van der Waals surface area (Å²) in [5.74, 6) is 2.53. The fourth-order valence-electron chi connectivity index (χ4n) is 8.35. The summed E-state index contributed by atoms with van der Waals surface area (Å²) in [7, 11) is 0. The van der Waals surface area contributed by atoms with Crippen LogP contribution in [0.5, 0.6) is 0 Å². The minimum atomic E-state index is -0.190. The Labute approximate surface area is 499 Å². The van der Waals surface area contributed by atoms with E-state index < -0.39 is 0 Å². The van der Waals surface area contributed by atoms with Gasteiger partial charge in [-0.05, 0) is 143 Å². The Morgan fingerprint density at radius 2 is 1.22 bits per heavy atom. The Morgan fingerprint density at radius 1 is 0.753 bits per heavy atom. The number of nitrogens with zero attached hydrogens (tertiary/aromatic N) is 10. The van der Waals surface area contributed by atoms with Crippen LogP contribution in [0.2, 0.25) is 20.1 Å². The van der Waals surface area contributed by atoms with E-state index in [0.717, 1.165) is 79.5 Å². The lowest BCUT2D eigenvalue weighted by molar-refractivity contribution is 0.443. The maximum atomic E-state index is 9.83. The molecule has 77 heavy (non-hydrogen) atoms. The lowest BCUT2D eigenvalue weighted by atomic mass is 9.88. The van der Waals surface area contributed by atoms with Crippen LogP contribution in [0, 0.1) is 49.5 Å². The summed E-state index contributed by atoms with van der Waals surface area (Å²) >= 11 is 30.5. The molecule has 4 N–H and O–H groups in total. The fourth-order valence-corrected chi connectivity index (χ4v) is 10.6. The Morgan fingerprint density at radius 3 is 1.62 bits per heavy atom. The number of nitriles is 2. The SMILES string of the molecule is C#C[C@@H](Cc1cc(Cl)c2ncc(C#N)c(NCC(C)(C)C)c2c1)c1ccccc1Cl.CC(C)(C)CNc1c(C#N)cnc2c(Cl)cc(C[C@@H](c3ccccc3Cl)c3nnn(C4(C)CC4)c3I)cc12.CC1(N=[N+]=[N-])CC1.NI. The van der Waals surface area contributed by atoms with Crippen molar-refractivity contribution in [2.75, 3.05) is 23.7 Å². The molecule has 19 heteroatoms. The van der Waals surface area contributed by atoms with Gasteiger partial charge in [0.25, 0.3) is 0 Å². The molecule has 3 aromatic heterocycles. The zero-order valence-electron chi connectivity index (χ0n) is 44.3. The summed E-state index contributed by atoms with van der Waals surface area (Å²) in [6.45, 7) is 18.4. The molecule has 13 nitrogen and oxygen atoms in total. The predicted molar refractivity (Wildman–Crippen MR) is 333 cm³/mol. The van der Waals surface area contributed by atoms with E-state index in [-0.39, 0.29) is 33.7 Å². The number of hydrogen-bond acceptors (Lipinski definition) is 10. The second kappa shape index (κ2) is 26.2. The first kappa shape index (κ1) is 61.1. The van der Waals surface area contributed by atoms with Gasteiger partial charge in [-0.25, -0.2) is 4.68 Å². The first-order valence-corrected chi connectivity index (χ1v) is 28.7. The minimum absolute atomic E-state index is 0.00868. The third-order valence-corrected chi connectivity index (χ3v) is 15.4. The molecule has 0 aliphatic heterocycles. The number of azide groups is 1. The molecular formula is C58H61Cl4I2N13. The number of fused-ring (bicyclic) bond motifs is 2. The normalized spacial score (nSPS) is 14.5. The van der Waals surface area contributed by atoms with Crippen molar-refractivity contribution in [3.63, 3.8) is 0 Å². The molecule has 2 aliphatic carbocycles. The smallest absolute Gasteiger partial charge is 0.124 e. The van der Waals surface area contributed by atoms with E-state index in [4.69, 9.17) is 58.4 Å². The van der Waals surface area contributed by atoms with E-state index in [2.05, 4.69) is 151 Å². The van der Waals surface area contributed by atoms with E-state index in [1.165, 1.54) is 0 Å². The van der Waals surface area contributed by atoms with Gasteiger partial charge in [-0.2, -0.15) is 10.5 Å². The van der Waals surface area contributed by atoms with Crippen LogP contribution in [0.1, 0.15) is 132 Å². The number of anilines is 2. The van der Waals surface area contributed by atoms with Crippen molar-refractivity contribution < 1.29 is 0 Å². The second-order valence-electron chi connectivity index (χ2n) is 22.2. The number of halogens is 6. The van der Waals surface area contributed by atoms with Crippen molar-refractivity contribution in [3.05, 3.63) is 158 Å². The summed E-state index contributed by atoms with van der Waals surface area (Å²) in [4.78, 5) is 11.6. The van der Waals surface area contributed by atoms with Crippen LogP contribution in [0.15, 0.2) is 90.3 Å². The molecular weight excluding hydrogens is 1270 g/mol. The molecule has 2 fully saturated rings. The van der Waals surface area contributed by atoms with Crippen LogP contribution < -0.4 is 14.6 Å². The number of aromatic nitrogens is 5. The van der Waals surface area contributed by atoms with Crippen molar-refractivity contribution in [3.8, 4) is 24.5 Å². The molecule has 0 radical (unpaired) electrons. The Hall–Kier alpha value is -5.13. The van der Waals surface area contributed by atoms with Crippen LogP contribution in [-0.2, 0) is 18.4 Å². The quantitative estimate of drug-likeness (QED) is 0.0251. The van der Waals surface area contributed by atoms with Gasteiger partial charge >= 0.3 is 0 Å². The van der Waals surface area contributed by atoms with Crippen LogP contribution in [0.3, 0.4) is 0 Å². The van der Waals surface area contributed by atoms with E-state index in [0.29, 0.717) is 68.2 Å². The summed E-state index contributed by atoms with van der Waals surface area (Å²) in [5.41, 5.74) is 16.6. The molecule has 4 aromatic carbocycles. The standard InChI is InChI=1S/C29H29Cl2IN6.C25H23Cl2N3.C4H7N3.H2IN/c1-28(2,3)16-35-24-18(14-33)15-34-25-21(24)12-17(13-23(25)31)11-20(19-7-5-6-8-22(19)30)26-27(32)38(37-36-26)29(4)9-10-29;1-5-17(19-8-6-7-9-21(19)26)10-16-11-20-23(30-15-25(2,3)4)18(13-28)14-29-24(20)22(27)12-16;1-4(2-3-4)6-7-5;1-2/h5-8,12-13,15,20H,9-11,16H2,1-4H3,(H,34,35);1,6-9,11-12,14,17H,10,15H2,2-4H3,(H,29,30);2-3H2,1H3;2H2/t20-;17-;;/m00../s1. The molecule has 0 unspecified atom stereocenters. The molecule has 2 aliphatic rings. The van der Waals surface area contributed by atoms with Crippen molar-refractivity contribution in [1.82, 2.24) is 25.0 Å². The summed E-state index contributed by atoms with van der Waals surface area (Å²) in [6, 6.07) is 28.0. The lowest BCUT2D eigenvalue weighted by Crippen LogP contribution is -2.19. The van der Waals surface area contributed by atoms with Gasteiger partial charge in [-0.1, -0.05) is 148 Å². The molecule has 0 spiro atoms. The third-order valence-electron chi connectivity index (χ3n) is 13.2. The maximum absolute atomic E-state index is 9.83. The maximum Gasteiger partial charge on any atom is 0.124 e. The number of nitrogens with two attached hydrogens (primary N) is 1. The molecule has 400 valence electrons. The molecule has 7 aromatic rings. The molecule has 0 bridgehead atoms. The van der Waals surface area contributed by atoms with Crippen LogP contribution in [0.25, 0.3) is 32.2 Å². The largest absolute Gasteiger partial charge is 0.383 e. The number of pyridine rings is 2. The van der Waals surface area contributed by atoms with Gasteiger partial charge in [0.1, 0.15) is 21.5 Å². The average molecular weight is 1340 g/mol. The Kier molecular flexibility index (Phi) is 20.8. The Balaban J connectivity index is 0.000000219. The van der Waals surface area contributed by atoms with Gasteiger partial charge in [-0.3, -0.25) is 13.9 Å². The first-order chi connectivity index (χ1) is 36.5. The van der Waals surface area contributed by atoms with E-state index >= 15 is 0 Å². The highest BCUT2D eigenvalue weighted by molar-refractivity contribution is 14.1. The number of benzene rings is 4. The highest BCUT2D eigenvalue weighted by Crippen LogP contribution is 2.45. The summed E-state index contributed by atoms with van der Waals surface area (Å²) < 4.78 is 7.55. The van der Waals surface area contributed by atoms with Crippen LogP contribution in [0.4, 0.5) is 11.4 Å². The van der Waals surface area contributed by atoms with Gasteiger partial charge in [0.2, 0.25) is 0 Å². The second-order valence-corrected chi connectivity index (χ2v) is 24.8. The van der Waals surface area contributed by atoms with Crippen LogP contribution >= 0.6 is 91.9 Å². The number of rotatable bonds is 13. The summed E-state index contributed by atoms with van der Waals surface area (Å²) in [6.07, 6.45) is 14.5. The fraction of sp³-hybridized carbons (Fsp3) is 0.379. The molecule has 0 saturated heterocycles. The van der Waals surface area contributed by atoms with E-state index in [9.17, 15) is 10.5 Å².